The Morgan fingerprint density at radius 3 is 2.23 bits per heavy atom. The van der Waals surface area contributed by atoms with Gasteiger partial charge >= 0.3 is 0 Å². The maximum absolute atomic E-state index is 13.6. The Kier molecular flexibility index (Phi) is 4.98. The standard InChI is InChI=1S/C23H22N2O4S/c26-20-13-30-23(28)25(20)17-10-4-3-9-16(17)24-22(27)21-14-7-1-5-11-18(14)29-19-12-6-2-8-15(19)21/h1-2,5-8,11-12,16-17,21H,3-4,9-10,13H2,(H,24,27). The number of para-hydroxylation sites is 2. The Labute approximate surface area is 179 Å². The Balaban J connectivity index is 1.45. The second-order valence-electron chi connectivity index (χ2n) is 7.90. The molecule has 1 saturated carbocycles. The molecule has 2 unspecified atom stereocenters. The molecule has 3 amide bonds. The summed E-state index contributed by atoms with van der Waals surface area (Å²) in [5.74, 6) is 0.778. The second-order valence-corrected chi connectivity index (χ2v) is 8.82. The highest BCUT2D eigenvalue weighted by molar-refractivity contribution is 8.14. The van der Waals surface area contributed by atoms with E-state index in [0.29, 0.717) is 11.5 Å². The highest BCUT2D eigenvalue weighted by atomic mass is 32.2. The molecule has 2 fully saturated rings. The van der Waals surface area contributed by atoms with Gasteiger partial charge in [-0.05, 0) is 25.0 Å². The Morgan fingerprint density at radius 2 is 1.60 bits per heavy atom. The molecule has 0 aromatic heterocycles. The number of rotatable bonds is 3. The molecule has 2 atom stereocenters. The molecule has 1 aliphatic carbocycles. The van der Waals surface area contributed by atoms with Crippen LogP contribution < -0.4 is 10.1 Å². The van der Waals surface area contributed by atoms with Crippen LogP contribution in [-0.4, -0.2) is 39.8 Å². The number of ether oxygens (including phenoxy) is 1. The molecule has 2 aromatic rings. The third-order valence-electron chi connectivity index (χ3n) is 6.12. The van der Waals surface area contributed by atoms with Gasteiger partial charge in [-0.3, -0.25) is 19.3 Å². The first kappa shape index (κ1) is 19.2. The second kappa shape index (κ2) is 7.80. The summed E-state index contributed by atoms with van der Waals surface area (Å²) in [5, 5.41) is 2.99. The number of thioether (sulfide) groups is 1. The lowest BCUT2D eigenvalue weighted by molar-refractivity contribution is -0.129. The lowest BCUT2D eigenvalue weighted by atomic mass is 9.85. The molecule has 1 saturated heterocycles. The lowest BCUT2D eigenvalue weighted by Crippen LogP contribution is -2.55. The molecular weight excluding hydrogens is 400 g/mol. The van der Waals surface area contributed by atoms with Crippen LogP contribution >= 0.6 is 11.8 Å². The van der Waals surface area contributed by atoms with Crippen LogP contribution in [0.3, 0.4) is 0 Å². The maximum Gasteiger partial charge on any atom is 0.289 e. The first-order chi connectivity index (χ1) is 14.6. The van der Waals surface area contributed by atoms with Crippen LogP contribution in [0.5, 0.6) is 11.5 Å². The van der Waals surface area contributed by atoms with E-state index in [4.69, 9.17) is 4.74 Å². The van der Waals surface area contributed by atoms with Crippen molar-refractivity contribution in [3.8, 4) is 11.5 Å². The third kappa shape index (κ3) is 3.27. The van der Waals surface area contributed by atoms with Crippen molar-refractivity contribution in [2.75, 3.05) is 5.75 Å². The molecule has 3 aliphatic rings. The SMILES string of the molecule is O=C(NC1CCCCC1N1C(=O)CSC1=O)C1c2ccccc2Oc2ccccc21. The molecule has 7 heteroatoms. The number of imide groups is 1. The van der Waals surface area contributed by atoms with E-state index in [1.807, 2.05) is 48.5 Å². The predicted octanol–water partition coefficient (Wildman–Crippen LogP) is 4.05. The molecule has 5 rings (SSSR count). The van der Waals surface area contributed by atoms with Crippen LogP contribution in [0.1, 0.15) is 42.7 Å². The lowest BCUT2D eigenvalue weighted by Gasteiger charge is -2.38. The normalized spacial score (nSPS) is 23.5. The molecule has 2 heterocycles. The van der Waals surface area contributed by atoms with Crippen LogP contribution in [-0.2, 0) is 9.59 Å². The summed E-state index contributed by atoms with van der Waals surface area (Å²) >= 11 is 1.05. The monoisotopic (exact) mass is 422 g/mol. The number of carbonyl (C=O) groups excluding carboxylic acids is 3. The van der Waals surface area contributed by atoms with E-state index < -0.39 is 5.92 Å². The quantitative estimate of drug-likeness (QED) is 0.808. The Bertz CT molecular complexity index is 962. The van der Waals surface area contributed by atoms with Crippen LogP contribution in [0.15, 0.2) is 48.5 Å². The minimum atomic E-state index is -0.493. The molecule has 0 spiro atoms. The first-order valence-corrected chi connectivity index (χ1v) is 11.3. The highest BCUT2D eigenvalue weighted by Crippen LogP contribution is 2.44. The fourth-order valence-electron chi connectivity index (χ4n) is 4.73. The van der Waals surface area contributed by atoms with Gasteiger partial charge in [0.1, 0.15) is 11.5 Å². The zero-order chi connectivity index (χ0) is 20.7. The third-order valence-corrected chi connectivity index (χ3v) is 6.95. The molecule has 2 aliphatic heterocycles. The largest absolute Gasteiger partial charge is 0.457 e. The molecule has 1 N–H and O–H groups in total. The Morgan fingerprint density at radius 1 is 0.967 bits per heavy atom. The van der Waals surface area contributed by atoms with Gasteiger partial charge in [0.05, 0.1) is 17.7 Å². The van der Waals surface area contributed by atoms with Crippen molar-refractivity contribution in [1.82, 2.24) is 10.2 Å². The number of fused-ring (bicyclic) bond motifs is 2. The number of amides is 3. The van der Waals surface area contributed by atoms with E-state index in [1.165, 1.54) is 4.90 Å². The molecule has 154 valence electrons. The van der Waals surface area contributed by atoms with Crippen LogP contribution in [0.25, 0.3) is 0 Å². The minimum absolute atomic E-state index is 0.123. The highest BCUT2D eigenvalue weighted by Gasteiger charge is 2.42. The predicted molar refractivity (Wildman–Crippen MR) is 114 cm³/mol. The van der Waals surface area contributed by atoms with E-state index >= 15 is 0 Å². The first-order valence-electron chi connectivity index (χ1n) is 10.3. The molecule has 6 nitrogen and oxygen atoms in total. The van der Waals surface area contributed by atoms with Crippen molar-refractivity contribution in [1.29, 1.82) is 0 Å². The maximum atomic E-state index is 13.6. The van der Waals surface area contributed by atoms with Crippen molar-refractivity contribution < 1.29 is 19.1 Å². The summed E-state index contributed by atoms with van der Waals surface area (Å²) in [5.41, 5.74) is 1.65. The van der Waals surface area contributed by atoms with Gasteiger partial charge in [0.2, 0.25) is 11.8 Å². The van der Waals surface area contributed by atoms with Gasteiger partial charge < -0.3 is 10.1 Å². The fraction of sp³-hybridized carbons (Fsp3) is 0.348. The summed E-state index contributed by atoms with van der Waals surface area (Å²) in [6, 6.07) is 14.6. The number of hydrogen-bond donors (Lipinski definition) is 1. The number of carbonyl (C=O) groups is 3. The van der Waals surface area contributed by atoms with E-state index in [-0.39, 0.29) is 34.9 Å². The molecule has 0 bridgehead atoms. The van der Waals surface area contributed by atoms with Gasteiger partial charge in [-0.15, -0.1) is 0 Å². The topological polar surface area (TPSA) is 75.7 Å². The molecule has 30 heavy (non-hydrogen) atoms. The molecule has 2 aromatic carbocycles. The number of nitrogens with zero attached hydrogens (tertiary/aromatic N) is 1. The number of nitrogens with one attached hydrogen (secondary N) is 1. The summed E-state index contributed by atoms with van der Waals surface area (Å²) < 4.78 is 6.00. The van der Waals surface area contributed by atoms with E-state index in [2.05, 4.69) is 5.32 Å². The van der Waals surface area contributed by atoms with Gasteiger partial charge in [-0.1, -0.05) is 61.0 Å². The summed E-state index contributed by atoms with van der Waals surface area (Å²) in [7, 11) is 0. The summed E-state index contributed by atoms with van der Waals surface area (Å²) in [6.07, 6.45) is 3.39. The van der Waals surface area contributed by atoms with E-state index in [9.17, 15) is 14.4 Å². The molecular formula is C23H22N2O4S. The van der Waals surface area contributed by atoms with Crippen LogP contribution in [0, 0.1) is 0 Å². The van der Waals surface area contributed by atoms with Crippen molar-refractivity contribution in [3.63, 3.8) is 0 Å². The van der Waals surface area contributed by atoms with Crippen molar-refractivity contribution in [2.45, 2.75) is 43.7 Å². The zero-order valence-electron chi connectivity index (χ0n) is 16.4. The van der Waals surface area contributed by atoms with Crippen LogP contribution in [0.2, 0.25) is 0 Å². The van der Waals surface area contributed by atoms with Crippen molar-refractivity contribution in [2.24, 2.45) is 0 Å². The number of benzene rings is 2. The van der Waals surface area contributed by atoms with Crippen LogP contribution in [0.4, 0.5) is 4.79 Å². The van der Waals surface area contributed by atoms with Gasteiger partial charge in [0.25, 0.3) is 5.24 Å². The van der Waals surface area contributed by atoms with Crippen molar-refractivity contribution in [3.05, 3.63) is 59.7 Å². The average molecular weight is 423 g/mol. The average Bonchev–Trinajstić information content (AvgIpc) is 3.10. The van der Waals surface area contributed by atoms with E-state index in [0.717, 1.165) is 48.6 Å². The summed E-state index contributed by atoms with van der Waals surface area (Å²) in [4.78, 5) is 39.5. The smallest absolute Gasteiger partial charge is 0.289 e. The van der Waals surface area contributed by atoms with E-state index in [1.54, 1.807) is 0 Å². The molecule has 0 radical (unpaired) electrons. The van der Waals surface area contributed by atoms with Gasteiger partial charge in [-0.2, -0.15) is 0 Å². The minimum Gasteiger partial charge on any atom is -0.457 e. The number of hydrogen-bond acceptors (Lipinski definition) is 5. The van der Waals surface area contributed by atoms with Gasteiger partial charge in [-0.25, -0.2) is 0 Å². The van der Waals surface area contributed by atoms with Gasteiger partial charge in [0.15, 0.2) is 0 Å². The zero-order valence-corrected chi connectivity index (χ0v) is 17.2. The van der Waals surface area contributed by atoms with Gasteiger partial charge in [0, 0.05) is 17.2 Å². The Hall–Kier alpha value is -2.80. The summed E-state index contributed by atoms with van der Waals surface area (Å²) in [6.45, 7) is 0. The van der Waals surface area contributed by atoms with Crippen molar-refractivity contribution >= 4 is 28.8 Å². The fourth-order valence-corrected chi connectivity index (χ4v) is 5.49.